The molecule has 0 saturated heterocycles. The fourth-order valence-corrected chi connectivity index (χ4v) is 0.636. The molecule has 0 radical (unpaired) electrons. The van der Waals surface area contributed by atoms with E-state index in [4.69, 9.17) is 0 Å². The van der Waals surface area contributed by atoms with E-state index in [1.165, 1.54) is 0 Å². The summed E-state index contributed by atoms with van der Waals surface area (Å²) in [5.74, 6) is 0.0665. The second-order valence-corrected chi connectivity index (χ2v) is 3.42. The van der Waals surface area contributed by atoms with Gasteiger partial charge in [0.2, 0.25) is 0 Å². The molecule has 0 amide bonds. The number of carbonyl (C=O) groups excluding carboxylic acids is 2. The monoisotopic (exact) mass is 383 g/mol. The summed E-state index contributed by atoms with van der Waals surface area (Å²) in [7, 11) is 5.53. The molecule has 0 aliphatic carbocycles. The predicted molar refractivity (Wildman–Crippen MR) is 58.5 cm³/mol. The molecule has 1 unspecified atom stereocenters. The quantitative estimate of drug-likeness (QED) is 0.536. The Kier molecular flexibility index (Phi) is 18.7. The van der Waals surface area contributed by atoms with Gasteiger partial charge in [0.1, 0.15) is 6.29 Å². The molecule has 0 N–H and O–H groups in total. The molecule has 0 bridgehead atoms. The van der Waals surface area contributed by atoms with E-state index in [1.54, 1.807) is 0 Å². The average molecular weight is 383 g/mol. The summed E-state index contributed by atoms with van der Waals surface area (Å²) in [6.45, 7) is 8.15. The zero-order chi connectivity index (χ0) is 11.6. The van der Waals surface area contributed by atoms with Crippen LogP contribution in [-0.2, 0) is 30.7 Å². The van der Waals surface area contributed by atoms with Crippen LogP contribution < -0.4 is 0 Å². The SMILES string of the molecule is [CH2-]C(=O)CC(C)CC=O.[CH2-]N(C)CC.[W+2]. The molecule has 0 spiro atoms. The Balaban J connectivity index is -0.000000208. The van der Waals surface area contributed by atoms with Crippen LogP contribution in [-0.4, -0.2) is 30.6 Å². The maximum atomic E-state index is 10.3. The first kappa shape index (κ1) is 20.3. The molecule has 0 fully saturated rings. The molecule has 1 atom stereocenters. The van der Waals surface area contributed by atoms with E-state index in [0.717, 1.165) is 12.8 Å². The van der Waals surface area contributed by atoms with Crippen LogP contribution in [0, 0.1) is 19.9 Å². The molecule has 0 saturated carbocycles. The summed E-state index contributed by atoms with van der Waals surface area (Å²) in [5, 5.41) is 0. The molecule has 4 heteroatoms. The van der Waals surface area contributed by atoms with Gasteiger partial charge >= 0.3 is 21.1 Å². The summed E-state index contributed by atoms with van der Waals surface area (Å²) >= 11 is 0. The number of Topliss-reactive ketones (excluding diaryl/α,β-unsaturated/α-hetero) is 1. The van der Waals surface area contributed by atoms with Crippen LogP contribution in [0.2, 0.25) is 0 Å². The first-order chi connectivity index (χ1) is 6.43. The van der Waals surface area contributed by atoms with E-state index in [2.05, 4.69) is 20.9 Å². The molecule has 3 nitrogen and oxygen atoms in total. The normalized spacial score (nSPS) is 10.7. The molecule has 0 aromatic rings. The maximum Gasteiger partial charge on any atom is 2.00 e. The van der Waals surface area contributed by atoms with E-state index in [-0.39, 0.29) is 32.8 Å². The Morgan fingerprint density at radius 1 is 1.53 bits per heavy atom. The van der Waals surface area contributed by atoms with Crippen molar-refractivity contribution in [1.29, 1.82) is 0 Å². The smallest absolute Gasteiger partial charge is 0.462 e. The van der Waals surface area contributed by atoms with Crippen LogP contribution in [0.1, 0.15) is 26.7 Å². The number of hydrogen-bond acceptors (Lipinski definition) is 3. The van der Waals surface area contributed by atoms with Gasteiger partial charge in [-0.2, -0.15) is 0 Å². The van der Waals surface area contributed by atoms with Gasteiger partial charge in [-0.15, -0.1) is 0 Å². The third kappa shape index (κ3) is 24.8. The second-order valence-electron chi connectivity index (χ2n) is 3.42. The van der Waals surface area contributed by atoms with Gasteiger partial charge in [-0.3, -0.25) is 7.05 Å². The van der Waals surface area contributed by atoms with Gasteiger partial charge in [-0.25, -0.2) is 0 Å². The van der Waals surface area contributed by atoms with E-state index in [1.807, 2.05) is 18.9 Å². The fourth-order valence-electron chi connectivity index (χ4n) is 0.636. The van der Waals surface area contributed by atoms with Gasteiger partial charge in [-0.05, 0) is 31.7 Å². The number of rotatable bonds is 5. The minimum Gasteiger partial charge on any atom is -0.462 e. The zero-order valence-corrected chi connectivity index (χ0v) is 12.8. The summed E-state index contributed by atoms with van der Waals surface area (Å²) in [5.41, 5.74) is 0. The predicted octanol–water partition coefficient (Wildman–Crippen LogP) is 1.73. The molecular formula is C11H21NO2W. The van der Waals surface area contributed by atoms with E-state index in [0.29, 0.717) is 12.8 Å². The van der Waals surface area contributed by atoms with E-state index in [9.17, 15) is 9.59 Å². The van der Waals surface area contributed by atoms with Crippen molar-refractivity contribution in [3.63, 3.8) is 0 Å². The largest absolute Gasteiger partial charge is 2.00 e. The van der Waals surface area contributed by atoms with E-state index < -0.39 is 0 Å². The van der Waals surface area contributed by atoms with Crippen molar-refractivity contribution in [3.8, 4) is 0 Å². The summed E-state index contributed by atoms with van der Waals surface area (Å²) < 4.78 is 0. The van der Waals surface area contributed by atoms with Gasteiger partial charge < -0.3 is 21.4 Å². The van der Waals surface area contributed by atoms with Crippen molar-refractivity contribution >= 4 is 12.1 Å². The van der Waals surface area contributed by atoms with Crippen molar-refractivity contribution < 1.29 is 30.7 Å². The van der Waals surface area contributed by atoms with Gasteiger partial charge in [0, 0.05) is 6.42 Å². The van der Waals surface area contributed by atoms with E-state index >= 15 is 0 Å². The van der Waals surface area contributed by atoms with Gasteiger partial charge in [-0.1, -0.05) is 13.8 Å². The Hall–Kier alpha value is -0.142. The summed E-state index contributed by atoms with van der Waals surface area (Å²) in [6.07, 6.45) is 1.70. The van der Waals surface area contributed by atoms with Crippen molar-refractivity contribution in [3.05, 3.63) is 14.0 Å². The Bertz CT molecular complexity index is 161. The minimum atomic E-state index is -0.0932. The van der Waals surface area contributed by atoms with Crippen molar-refractivity contribution in [2.24, 2.45) is 5.92 Å². The van der Waals surface area contributed by atoms with Crippen molar-refractivity contribution in [1.82, 2.24) is 4.90 Å². The standard InChI is InChI=1S/C7H11O2.C4H10N.W/c1-6(3-4-8)5-7(2)9;1-4-5(2)3;/h4,6H,2-3,5H2,1H3;2,4H2,1,3H3;/q2*-1;+2. The van der Waals surface area contributed by atoms with Crippen molar-refractivity contribution in [2.75, 3.05) is 13.6 Å². The fraction of sp³-hybridized carbons (Fsp3) is 0.636. The third-order valence-electron chi connectivity index (χ3n) is 1.61. The van der Waals surface area contributed by atoms with Crippen LogP contribution in [0.25, 0.3) is 0 Å². The van der Waals surface area contributed by atoms with Gasteiger partial charge in [0.15, 0.2) is 0 Å². The molecule has 0 aromatic carbocycles. The molecule has 0 aliphatic rings. The number of nitrogens with zero attached hydrogens (tertiary/aromatic N) is 1. The molecular weight excluding hydrogens is 362 g/mol. The van der Waals surface area contributed by atoms with Crippen LogP contribution in [0.3, 0.4) is 0 Å². The average Bonchev–Trinajstić information content (AvgIpc) is 2.04. The Morgan fingerprint density at radius 3 is 2.13 bits per heavy atom. The number of ketones is 1. The number of aldehydes is 1. The molecule has 0 rings (SSSR count). The van der Waals surface area contributed by atoms with Gasteiger partial charge in [0.05, 0.1) is 0 Å². The minimum absolute atomic E-state index is 0. The van der Waals surface area contributed by atoms with Crippen molar-refractivity contribution in [2.45, 2.75) is 26.7 Å². The Labute approximate surface area is 108 Å². The second kappa shape index (κ2) is 13.9. The van der Waals surface area contributed by atoms with Crippen LogP contribution in [0.5, 0.6) is 0 Å². The number of carbonyl (C=O) groups is 2. The third-order valence-corrected chi connectivity index (χ3v) is 1.61. The topological polar surface area (TPSA) is 37.4 Å². The summed E-state index contributed by atoms with van der Waals surface area (Å²) in [4.78, 5) is 22.0. The molecule has 0 aliphatic heterocycles. The summed E-state index contributed by atoms with van der Waals surface area (Å²) in [6, 6.07) is 0. The van der Waals surface area contributed by atoms with Crippen LogP contribution >= 0.6 is 0 Å². The van der Waals surface area contributed by atoms with Crippen LogP contribution in [0.15, 0.2) is 0 Å². The first-order valence-electron chi connectivity index (χ1n) is 4.74. The van der Waals surface area contributed by atoms with Crippen LogP contribution in [0.4, 0.5) is 0 Å². The molecule has 88 valence electrons. The molecule has 0 aromatic heterocycles. The molecule has 0 heterocycles. The molecule has 15 heavy (non-hydrogen) atoms. The number of hydrogen-bond donors (Lipinski definition) is 0. The Morgan fingerprint density at radius 2 is 1.93 bits per heavy atom. The maximum absolute atomic E-state index is 10.3. The zero-order valence-electron chi connectivity index (χ0n) is 9.86. The first-order valence-corrected chi connectivity index (χ1v) is 4.74. The van der Waals surface area contributed by atoms with Gasteiger partial charge in [0.25, 0.3) is 0 Å².